The number of hydrogen-bond donors (Lipinski definition) is 2. The minimum absolute atomic E-state index is 0.193. The Labute approximate surface area is 144 Å². The van der Waals surface area contributed by atoms with Gasteiger partial charge in [0.05, 0.1) is 13.2 Å². The summed E-state index contributed by atoms with van der Waals surface area (Å²) < 4.78 is 5.41. The molecule has 1 saturated heterocycles. The van der Waals surface area contributed by atoms with Gasteiger partial charge in [-0.25, -0.2) is 0 Å². The van der Waals surface area contributed by atoms with Gasteiger partial charge in [-0.1, -0.05) is 24.3 Å². The number of aliphatic hydroxyl groups excluding tert-OH is 1. The monoisotopic (exact) mass is 326 g/mol. The van der Waals surface area contributed by atoms with Crippen LogP contribution in [0.1, 0.15) is 24.1 Å². The van der Waals surface area contributed by atoms with Crippen LogP contribution in [0.25, 0.3) is 0 Å². The van der Waals surface area contributed by atoms with Gasteiger partial charge in [-0.2, -0.15) is 0 Å². The second kappa shape index (κ2) is 8.18. The van der Waals surface area contributed by atoms with Crippen molar-refractivity contribution < 1.29 is 9.84 Å². The van der Waals surface area contributed by atoms with Crippen molar-refractivity contribution in [1.82, 2.24) is 0 Å². The maximum Gasteiger partial charge on any atom is 0.0642 e. The first-order valence-electron chi connectivity index (χ1n) is 8.65. The average molecular weight is 326 g/mol. The van der Waals surface area contributed by atoms with E-state index in [-0.39, 0.29) is 12.6 Å². The molecule has 0 amide bonds. The number of benzene rings is 2. The molecule has 0 aliphatic carbocycles. The summed E-state index contributed by atoms with van der Waals surface area (Å²) in [4.78, 5) is 2.37. The molecule has 0 spiro atoms. The Morgan fingerprint density at radius 2 is 1.71 bits per heavy atom. The molecule has 4 nitrogen and oxygen atoms in total. The fraction of sp³-hybridized carbons (Fsp3) is 0.400. The number of aliphatic hydroxyl groups is 1. The number of nitrogens with zero attached hydrogens (tertiary/aromatic N) is 1. The number of rotatable bonds is 6. The summed E-state index contributed by atoms with van der Waals surface area (Å²) in [6.07, 6.45) is 0.707. The SMILES string of the molecule is CC(Nc1ccc(CCO)cc1)c1ccc(N2CCOCC2)cc1. The van der Waals surface area contributed by atoms with Crippen LogP contribution < -0.4 is 10.2 Å². The third kappa shape index (κ3) is 4.28. The van der Waals surface area contributed by atoms with Crippen molar-refractivity contribution in [3.05, 3.63) is 59.7 Å². The second-order valence-electron chi connectivity index (χ2n) is 6.23. The van der Waals surface area contributed by atoms with Crippen LogP contribution in [0.5, 0.6) is 0 Å². The van der Waals surface area contributed by atoms with Crippen LogP contribution in [0.15, 0.2) is 48.5 Å². The summed E-state index contributed by atoms with van der Waals surface area (Å²) in [5.41, 5.74) is 4.79. The summed E-state index contributed by atoms with van der Waals surface area (Å²) in [6.45, 7) is 5.92. The van der Waals surface area contributed by atoms with Crippen LogP contribution >= 0.6 is 0 Å². The van der Waals surface area contributed by atoms with Gasteiger partial charge < -0.3 is 20.1 Å². The van der Waals surface area contributed by atoms with Gasteiger partial charge >= 0.3 is 0 Å². The molecule has 1 aliphatic rings. The van der Waals surface area contributed by atoms with Gasteiger partial charge in [0.2, 0.25) is 0 Å². The highest BCUT2D eigenvalue weighted by atomic mass is 16.5. The molecule has 1 atom stereocenters. The Balaban J connectivity index is 1.60. The molecule has 1 aliphatic heterocycles. The molecule has 0 saturated carbocycles. The number of ether oxygens (including phenoxy) is 1. The van der Waals surface area contributed by atoms with E-state index < -0.39 is 0 Å². The van der Waals surface area contributed by atoms with Crippen LogP contribution in [-0.2, 0) is 11.2 Å². The minimum atomic E-state index is 0.193. The zero-order valence-electron chi connectivity index (χ0n) is 14.2. The van der Waals surface area contributed by atoms with Crippen LogP contribution in [0.4, 0.5) is 11.4 Å². The molecule has 2 aromatic carbocycles. The van der Waals surface area contributed by atoms with Gasteiger partial charge in [-0.3, -0.25) is 0 Å². The van der Waals surface area contributed by atoms with Gasteiger partial charge in [0, 0.05) is 37.1 Å². The Bertz CT molecular complexity index is 619. The number of morpholine rings is 1. The summed E-state index contributed by atoms with van der Waals surface area (Å²) in [5, 5.41) is 12.5. The first kappa shape index (κ1) is 16.8. The highest BCUT2D eigenvalue weighted by molar-refractivity contribution is 5.51. The maximum atomic E-state index is 8.97. The highest BCUT2D eigenvalue weighted by Gasteiger charge is 2.12. The van der Waals surface area contributed by atoms with Crippen molar-refractivity contribution in [2.45, 2.75) is 19.4 Å². The van der Waals surface area contributed by atoms with Crippen molar-refractivity contribution in [2.75, 3.05) is 43.1 Å². The summed E-state index contributed by atoms with van der Waals surface area (Å²) in [6, 6.07) is 17.3. The van der Waals surface area contributed by atoms with E-state index in [1.165, 1.54) is 11.3 Å². The van der Waals surface area contributed by atoms with Crippen molar-refractivity contribution >= 4 is 11.4 Å². The predicted octanol–water partition coefficient (Wildman–Crippen LogP) is 3.23. The number of nitrogens with one attached hydrogen (secondary N) is 1. The van der Waals surface area contributed by atoms with E-state index in [0.29, 0.717) is 6.42 Å². The Morgan fingerprint density at radius 3 is 2.33 bits per heavy atom. The highest BCUT2D eigenvalue weighted by Crippen LogP contribution is 2.23. The summed E-state index contributed by atoms with van der Waals surface area (Å²) >= 11 is 0. The standard InChI is InChI=1S/C20H26N2O2/c1-16(21-19-6-2-17(3-7-19)10-13-23)18-4-8-20(9-5-18)22-11-14-24-15-12-22/h2-9,16,21,23H,10-15H2,1H3. The molecule has 1 fully saturated rings. The Kier molecular flexibility index (Phi) is 5.72. The lowest BCUT2D eigenvalue weighted by atomic mass is 10.1. The summed E-state index contributed by atoms with van der Waals surface area (Å²) in [7, 11) is 0. The largest absolute Gasteiger partial charge is 0.396 e. The van der Waals surface area contributed by atoms with Crippen LogP contribution in [-0.4, -0.2) is 38.0 Å². The first-order chi connectivity index (χ1) is 11.8. The zero-order chi connectivity index (χ0) is 16.8. The van der Waals surface area contributed by atoms with E-state index in [9.17, 15) is 0 Å². The molecule has 3 rings (SSSR count). The van der Waals surface area contributed by atoms with Crippen molar-refractivity contribution in [3.63, 3.8) is 0 Å². The van der Waals surface area contributed by atoms with Crippen molar-refractivity contribution in [2.24, 2.45) is 0 Å². The lowest BCUT2D eigenvalue weighted by molar-refractivity contribution is 0.122. The number of anilines is 2. The van der Waals surface area contributed by atoms with Gasteiger partial charge in [0.15, 0.2) is 0 Å². The predicted molar refractivity (Wildman–Crippen MR) is 98.7 cm³/mol. The second-order valence-corrected chi connectivity index (χ2v) is 6.23. The molecular formula is C20H26N2O2. The number of hydrogen-bond acceptors (Lipinski definition) is 4. The van der Waals surface area contributed by atoms with Gasteiger partial charge in [0.1, 0.15) is 0 Å². The van der Waals surface area contributed by atoms with Crippen LogP contribution in [0, 0.1) is 0 Å². The third-order valence-electron chi connectivity index (χ3n) is 4.51. The molecule has 0 bridgehead atoms. The van der Waals surface area contributed by atoms with Gasteiger partial charge in [-0.15, -0.1) is 0 Å². The van der Waals surface area contributed by atoms with E-state index >= 15 is 0 Å². The van der Waals surface area contributed by atoms with Crippen molar-refractivity contribution in [3.8, 4) is 0 Å². The molecular weight excluding hydrogens is 300 g/mol. The molecule has 4 heteroatoms. The molecule has 128 valence electrons. The fourth-order valence-electron chi connectivity index (χ4n) is 3.03. The topological polar surface area (TPSA) is 44.7 Å². The summed E-state index contributed by atoms with van der Waals surface area (Å²) in [5.74, 6) is 0. The van der Waals surface area contributed by atoms with E-state index in [1.807, 2.05) is 0 Å². The fourth-order valence-corrected chi connectivity index (χ4v) is 3.03. The van der Waals surface area contributed by atoms with E-state index in [1.54, 1.807) is 0 Å². The van der Waals surface area contributed by atoms with Crippen LogP contribution in [0.2, 0.25) is 0 Å². The quantitative estimate of drug-likeness (QED) is 0.855. The van der Waals surface area contributed by atoms with Crippen molar-refractivity contribution in [1.29, 1.82) is 0 Å². The Hall–Kier alpha value is -2.04. The first-order valence-corrected chi connectivity index (χ1v) is 8.65. The maximum absolute atomic E-state index is 8.97. The van der Waals surface area contributed by atoms with E-state index in [2.05, 4.69) is 65.7 Å². The average Bonchev–Trinajstić information content (AvgIpc) is 2.64. The smallest absolute Gasteiger partial charge is 0.0642 e. The van der Waals surface area contributed by atoms with Crippen LogP contribution in [0.3, 0.4) is 0 Å². The molecule has 0 aromatic heterocycles. The molecule has 24 heavy (non-hydrogen) atoms. The van der Waals surface area contributed by atoms with Gasteiger partial charge in [-0.05, 0) is 48.7 Å². The lowest BCUT2D eigenvalue weighted by Gasteiger charge is -2.29. The molecule has 2 aromatic rings. The molecule has 1 unspecified atom stereocenters. The molecule has 2 N–H and O–H groups in total. The zero-order valence-corrected chi connectivity index (χ0v) is 14.2. The van der Waals surface area contributed by atoms with E-state index in [4.69, 9.17) is 9.84 Å². The van der Waals surface area contributed by atoms with Gasteiger partial charge in [0.25, 0.3) is 0 Å². The molecule has 0 radical (unpaired) electrons. The Morgan fingerprint density at radius 1 is 1.04 bits per heavy atom. The third-order valence-corrected chi connectivity index (χ3v) is 4.51. The lowest BCUT2D eigenvalue weighted by Crippen LogP contribution is -2.36. The minimum Gasteiger partial charge on any atom is -0.396 e. The normalized spacial score (nSPS) is 16.0. The molecule has 1 heterocycles. The van der Waals surface area contributed by atoms with E-state index in [0.717, 1.165) is 37.6 Å².